The number of nitrogens with one attached hydrogen (secondary N) is 1. The minimum atomic E-state index is -0.182. The predicted molar refractivity (Wildman–Crippen MR) is 87.6 cm³/mol. The van der Waals surface area contributed by atoms with E-state index in [9.17, 15) is 4.79 Å². The van der Waals surface area contributed by atoms with Crippen LogP contribution in [-0.2, 0) is 5.41 Å². The summed E-state index contributed by atoms with van der Waals surface area (Å²) in [4.78, 5) is 20.5. The molecular formula is C18H21N3O2. The average Bonchev–Trinajstić information content (AvgIpc) is 2.54. The molecule has 5 heteroatoms. The number of amides is 1. The number of methoxy groups -OCH3 is 1. The van der Waals surface area contributed by atoms with Crippen molar-refractivity contribution in [2.24, 2.45) is 0 Å². The monoisotopic (exact) mass is 311 g/mol. The van der Waals surface area contributed by atoms with Crippen LogP contribution in [0.5, 0.6) is 5.75 Å². The number of rotatable bonds is 5. The van der Waals surface area contributed by atoms with Crippen molar-refractivity contribution in [1.29, 1.82) is 0 Å². The van der Waals surface area contributed by atoms with Crippen molar-refractivity contribution in [3.05, 3.63) is 53.6 Å². The van der Waals surface area contributed by atoms with Crippen LogP contribution in [0.4, 0.5) is 0 Å². The number of nitrogens with zero attached hydrogens (tertiary/aromatic N) is 2. The van der Waals surface area contributed by atoms with Crippen LogP contribution in [0.25, 0.3) is 0 Å². The first-order valence-corrected chi connectivity index (χ1v) is 7.85. The highest BCUT2D eigenvalue weighted by atomic mass is 16.5. The van der Waals surface area contributed by atoms with E-state index in [1.54, 1.807) is 13.3 Å². The number of carbonyl (C=O) groups excluding carboxylic acids is 1. The second-order valence-electron chi connectivity index (χ2n) is 6.06. The molecule has 0 radical (unpaired) electrons. The maximum absolute atomic E-state index is 12.3. The van der Waals surface area contributed by atoms with E-state index in [1.807, 2.05) is 25.1 Å². The molecule has 1 fully saturated rings. The number of hydrogen-bond acceptors (Lipinski definition) is 4. The Morgan fingerprint density at radius 2 is 2.04 bits per heavy atom. The zero-order valence-corrected chi connectivity index (χ0v) is 13.5. The fraction of sp³-hybridized carbons (Fsp3) is 0.389. The van der Waals surface area contributed by atoms with Crippen molar-refractivity contribution >= 4 is 5.91 Å². The molecule has 3 rings (SSSR count). The molecule has 120 valence electrons. The standard InChI is InChI=1S/C18H21N3O2/c1-13-10-20-15(11-19-13)17(22)21-12-18(8-5-9-18)14-6-3-4-7-16(14)23-2/h3-4,6-7,10-11H,5,8-9,12H2,1-2H3,(H,21,22). The first-order valence-electron chi connectivity index (χ1n) is 7.85. The summed E-state index contributed by atoms with van der Waals surface area (Å²) in [5, 5.41) is 3.01. The van der Waals surface area contributed by atoms with Gasteiger partial charge in [-0.05, 0) is 25.8 Å². The lowest BCUT2D eigenvalue weighted by molar-refractivity contribution is 0.0921. The quantitative estimate of drug-likeness (QED) is 0.922. The van der Waals surface area contributed by atoms with E-state index in [4.69, 9.17) is 4.74 Å². The van der Waals surface area contributed by atoms with Crippen LogP contribution in [0.15, 0.2) is 36.7 Å². The van der Waals surface area contributed by atoms with Gasteiger partial charge in [-0.2, -0.15) is 0 Å². The highest BCUT2D eigenvalue weighted by Crippen LogP contribution is 2.46. The van der Waals surface area contributed by atoms with Gasteiger partial charge < -0.3 is 10.1 Å². The van der Waals surface area contributed by atoms with E-state index in [0.29, 0.717) is 12.2 Å². The van der Waals surface area contributed by atoms with Crippen molar-refractivity contribution in [2.75, 3.05) is 13.7 Å². The van der Waals surface area contributed by atoms with Gasteiger partial charge in [0.1, 0.15) is 11.4 Å². The van der Waals surface area contributed by atoms with Crippen molar-refractivity contribution in [3.8, 4) is 5.75 Å². The van der Waals surface area contributed by atoms with Crippen molar-refractivity contribution in [2.45, 2.75) is 31.6 Å². The van der Waals surface area contributed by atoms with E-state index in [0.717, 1.165) is 30.7 Å². The normalized spacial score (nSPS) is 15.6. The van der Waals surface area contributed by atoms with Gasteiger partial charge >= 0.3 is 0 Å². The summed E-state index contributed by atoms with van der Waals surface area (Å²) >= 11 is 0. The molecule has 0 atom stereocenters. The molecule has 1 heterocycles. The van der Waals surface area contributed by atoms with Crippen molar-refractivity contribution < 1.29 is 9.53 Å². The number of hydrogen-bond donors (Lipinski definition) is 1. The van der Waals surface area contributed by atoms with Crippen LogP contribution < -0.4 is 10.1 Å². The lowest BCUT2D eigenvalue weighted by atomic mass is 9.64. The van der Waals surface area contributed by atoms with Crippen LogP contribution in [0.2, 0.25) is 0 Å². The molecule has 0 unspecified atom stereocenters. The minimum Gasteiger partial charge on any atom is -0.496 e. The molecule has 1 aromatic heterocycles. The van der Waals surface area contributed by atoms with Gasteiger partial charge in [0.15, 0.2) is 0 Å². The van der Waals surface area contributed by atoms with Gasteiger partial charge in [-0.1, -0.05) is 24.6 Å². The third kappa shape index (κ3) is 3.04. The average molecular weight is 311 g/mol. The molecule has 23 heavy (non-hydrogen) atoms. The van der Waals surface area contributed by atoms with Gasteiger partial charge in [0.05, 0.1) is 19.0 Å². The lowest BCUT2D eigenvalue weighted by Crippen LogP contribution is -2.46. The third-order valence-electron chi connectivity index (χ3n) is 4.59. The summed E-state index contributed by atoms with van der Waals surface area (Å²) in [7, 11) is 1.69. The summed E-state index contributed by atoms with van der Waals surface area (Å²) < 4.78 is 5.50. The number of benzene rings is 1. The molecule has 2 aromatic rings. The Labute approximate surface area is 136 Å². The zero-order valence-electron chi connectivity index (χ0n) is 13.5. The molecule has 1 saturated carbocycles. The Bertz CT molecular complexity index is 694. The molecule has 0 saturated heterocycles. The predicted octanol–water partition coefficient (Wildman–Crippen LogP) is 2.65. The molecule has 1 aromatic carbocycles. The van der Waals surface area contributed by atoms with Gasteiger partial charge in [0.2, 0.25) is 0 Å². The SMILES string of the molecule is COc1ccccc1C1(CNC(=O)c2cnc(C)cn2)CCC1. The number of carbonyl (C=O) groups is 1. The summed E-state index contributed by atoms with van der Waals surface area (Å²) in [6.07, 6.45) is 6.38. The van der Waals surface area contributed by atoms with Crippen LogP contribution >= 0.6 is 0 Å². The van der Waals surface area contributed by atoms with Crippen LogP contribution in [0.1, 0.15) is 41.0 Å². The molecular weight excluding hydrogens is 290 g/mol. The molecule has 1 aliphatic carbocycles. The number of aryl methyl sites for hydroxylation is 1. The minimum absolute atomic E-state index is 0.0413. The van der Waals surface area contributed by atoms with Gasteiger partial charge in [-0.3, -0.25) is 9.78 Å². The maximum atomic E-state index is 12.3. The first kappa shape index (κ1) is 15.5. The Balaban J connectivity index is 1.75. The Kier molecular flexibility index (Phi) is 4.28. The summed E-state index contributed by atoms with van der Waals surface area (Å²) in [6, 6.07) is 8.05. The number of aromatic nitrogens is 2. The molecule has 1 N–H and O–H groups in total. The molecule has 5 nitrogen and oxygen atoms in total. The van der Waals surface area contributed by atoms with Crippen LogP contribution in [0.3, 0.4) is 0 Å². The molecule has 0 bridgehead atoms. The lowest BCUT2D eigenvalue weighted by Gasteiger charge is -2.43. The van der Waals surface area contributed by atoms with Gasteiger partial charge in [0, 0.05) is 23.7 Å². The van der Waals surface area contributed by atoms with Gasteiger partial charge in [-0.15, -0.1) is 0 Å². The molecule has 1 aliphatic rings. The topological polar surface area (TPSA) is 64.1 Å². The van der Waals surface area contributed by atoms with E-state index in [-0.39, 0.29) is 11.3 Å². The zero-order chi connectivity index (χ0) is 16.3. The van der Waals surface area contributed by atoms with Gasteiger partial charge in [-0.25, -0.2) is 4.98 Å². The van der Waals surface area contributed by atoms with E-state index in [1.165, 1.54) is 11.8 Å². The van der Waals surface area contributed by atoms with E-state index < -0.39 is 0 Å². The Morgan fingerprint density at radius 3 is 2.65 bits per heavy atom. The Hall–Kier alpha value is -2.43. The molecule has 1 amide bonds. The fourth-order valence-corrected chi connectivity index (χ4v) is 3.08. The largest absolute Gasteiger partial charge is 0.496 e. The summed E-state index contributed by atoms with van der Waals surface area (Å²) in [6.45, 7) is 2.43. The third-order valence-corrected chi connectivity index (χ3v) is 4.59. The van der Waals surface area contributed by atoms with Gasteiger partial charge in [0.25, 0.3) is 5.91 Å². The maximum Gasteiger partial charge on any atom is 0.271 e. The molecule has 0 aliphatic heterocycles. The fourth-order valence-electron chi connectivity index (χ4n) is 3.08. The summed E-state index contributed by atoms with van der Waals surface area (Å²) in [5.41, 5.74) is 2.28. The van der Waals surface area contributed by atoms with Crippen molar-refractivity contribution in [3.63, 3.8) is 0 Å². The highest BCUT2D eigenvalue weighted by Gasteiger charge is 2.40. The number of para-hydroxylation sites is 1. The summed E-state index contributed by atoms with van der Waals surface area (Å²) in [5.74, 6) is 0.704. The molecule has 0 spiro atoms. The highest BCUT2D eigenvalue weighted by molar-refractivity contribution is 5.92. The second kappa shape index (κ2) is 6.36. The number of ether oxygens (including phenoxy) is 1. The second-order valence-corrected chi connectivity index (χ2v) is 6.06. The smallest absolute Gasteiger partial charge is 0.271 e. The van der Waals surface area contributed by atoms with E-state index >= 15 is 0 Å². The first-order chi connectivity index (χ1) is 11.1. The van der Waals surface area contributed by atoms with Crippen LogP contribution in [-0.4, -0.2) is 29.5 Å². The van der Waals surface area contributed by atoms with Crippen molar-refractivity contribution in [1.82, 2.24) is 15.3 Å². The Morgan fingerprint density at radius 1 is 1.26 bits per heavy atom. The van der Waals surface area contributed by atoms with Crippen LogP contribution in [0, 0.1) is 6.92 Å². The van der Waals surface area contributed by atoms with E-state index in [2.05, 4.69) is 21.4 Å².